The van der Waals surface area contributed by atoms with Crippen LogP contribution in [-0.2, 0) is 21.9 Å². The average Bonchev–Trinajstić information content (AvgIpc) is 2.81. The van der Waals surface area contributed by atoms with Crippen molar-refractivity contribution >= 4 is 52.6 Å². The lowest BCUT2D eigenvalue weighted by Gasteiger charge is -2.04. The fraction of sp³-hybridized carbons (Fsp3) is 0.273. The summed E-state index contributed by atoms with van der Waals surface area (Å²) in [6.07, 6.45) is 0. The maximum absolute atomic E-state index is 11.6. The maximum Gasteiger partial charge on any atom is 0.316 e. The molecule has 2 rings (SSSR count). The number of carbonyl (C=O) groups excluding carboxylic acids is 1. The van der Waals surface area contributed by atoms with Crippen LogP contribution in [0.15, 0.2) is 12.1 Å². The minimum absolute atomic E-state index is 0.00232. The van der Waals surface area contributed by atoms with Crippen molar-refractivity contribution in [2.45, 2.75) is 12.4 Å². The summed E-state index contributed by atoms with van der Waals surface area (Å²) >= 11 is 8.76. The SMILES string of the molecule is Nc1nc(N)nc(COC(=O)CSCc2ccc(Cl)s2)n1. The van der Waals surface area contributed by atoms with E-state index in [1.54, 1.807) is 0 Å². The van der Waals surface area contributed by atoms with Gasteiger partial charge in [0, 0.05) is 10.6 Å². The molecule has 0 saturated heterocycles. The monoisotopic (exact) mass is 345 g/mol. The van der Waals surface area contributed by atoms with Crippen LogP contribution in [0.5, 0.6) is 0 Å². The lowest BCUT2D eigenvalue weighted by molar-refractivity contribution is -0.141. The molecule has 0 unspecified atom stereocenters. The number of anilines is 2. The molecule has 7 nitrogen and oxygen atoms in total. The number of hydrogen-bond acceptors (Lipinski definition) is 9. The molecule has 0 amide bonds. The Morgan fingerprint density at radius 3 is 2.62 bits per heavy atom. The molecule has 0 saturated carbocycles. The zero-order valence-corrected chi connectivity index (χ0v) is 13.2. The van der Waals surface area contributed by atoms with E-state index >= 15 is 0 Å². The molecule has 2 heterocycles. The van der Waals surface area contributed by atoms with Gasteiger partial charge in [0.25, 0.3) is 0 Å². The van der Waals surface area contributed by atoms with Gasteiger partial charge in [0.2, 0.25) is 11.9 Å². The zero-order valence-electron chi connectivity index (χ0n) is 10.8. The zero-order chi connectivity index (χ0) is 15.2. The lowest BCUT2D eigenvalue weighted by atomic mass is 10.5. The molecule has 0 fully saturated rings. The molecule has 0 bridgehead atoms. The van der Waals surface area contributed by atoms with Gasteiger partial charge in [0.1, 0.15) is 0 Å². The summed E-state index contributed by atoms with van der Waals surface area (Å²) in [5, 5.41) is 0. The van der Waals surface area contributed by atoms with Crippen LogP contribution >= 0.6 is 34.7 Å². The summed E-state index contributed by atoms with van der Waals surface area (Å²) in [4.78, 5) is 23.9. The molecule has 0 radical (unpaired) electrons. The van der Waals surface area contributed by atoms with Crippen molar-refractivity contribution in [1.82, 2.24) is 15.0 Å². The Hall–Kier alpha value is -1.58. The van der Waals surface area contributed by atoms with Gasteiger partial charge in [-0.1, -0.05) is 11.6 Å². The Morgan fingerprint density at radius 1 is 1.29 bits per heavy atom. The van der Waals surface area contributed by atoms with Gasteiger partial charge in [-0.25, -0.2) is 0 Å². The Morgan fingerprint density at radius 2 is 2.00 bits per heavy atom. The van der Waals surface area contributed by atoms with E-state index in [4.69, 9.17) is 27.8 Å². The molecule has 21 heavy (non-hydrogen) atoms. The molecule has 0 aliphatic carbocycles. The molecule has 0 atom stereocenters. The van der Waals surface area contributed by atoms with E-state index in [0.717, 1.165) is 9.21 Å². The highest BCUT2D eigenvalue weighted by Crippen LogP contribution is 2.25. The predicted octanol–water partition coefficient (Wildman–Crippen LogP) is 1.73. The van der Waals surface area contributed by atoms with E-state index in [0.29, 0.717) is 5.75 Å². The highest BCUT2D eigenvalue weighted by molar-refractivity contribution is 7.99. The highest BCUT2D eigenvalue weighted by Gasteiger charge is 2.08. The number of aromatic nitrogens is 3. The first kappa shape index (κ1) is 15.8. The van der Waals surface area contributed by atoms with Crippen molar-refractivity contribution in [3.05, 3.63) is 27.2 Å². The van der Waals surface area contributed by atoms with Crippen molar-refractivity contribution in [2.75, 3.05) is 17.2 Å². The molecular weight excluding hydrogens is 334 g/mol. The summed E-state index contributed by atoms with van der Waals surface area (Å²) in [7, 11) is 0. The largest absolute Gasteiger partial charge is 0.457 e. The van der Waals surface area contributed by atoms with Crippen molar-refractivity contribution in [1.29, 1.82) is 0 Å². The van der Waals surface area contributed by atoms with Gasteiger partial charge in [0.15, 0.2) is 12.4 Å². The first-order chi connectivity index (χ1) is 10.0. The summed E-state index contributed by atoms with van der Waals surface area (Å²) in [6, 6.07) is 3.76. The van der Waals surface area contributed by atoms with Crippen molar-refractivity contribution in [3.63, 3.8) is 0 Å². The molecule has 112 valence electrons. The normalized spacial score (nSPS) is 10.5. The Bertz CT molecular complexity index is 617. The van der Waals surface area contributed by atoms with E-state index in [1.165, 1.54) is 23.1 Å². The van der Waals surface area contributed by atoms with Crippen molar-refractivity contribution in [3.8, 4) is 0 Å². The Balaban J connectivity index is 1.72. The van der Waals surface area contributed by atoms with E-state index in [9.17, 15) is 4.79 Å². The number of thiophene rings is 1. The van der Waals surface area contributed by atoms with Gasteiger partial charge in [-0.05, 0) is 12.1 Å². The lowest BCUT2D eigenvalue weighted by Crippen LogP contribution is -2.12. The molecule has 10 heteroatoms. The van der Waals surface area contributed by atoms with E-state index in [2.05, 4.69) is 15.0 Å². The van der Waals surface area contributed by atoms with E-state index < -0.39 is 0 Å². The van der Waals surface area contributed by atoms with Crippen molar-refractivity contribution < 1.29 is 9.53 Å². The number of nitrogens with zero attached hydrogens (tertiary/aromatic N) is 3. The molecule has 0 spiro atoms. The van der Waals surface area contributed by atoms with Crippen LogP contribution in [0, 0.1) is 0 Å². The van der Waals surface area contributed by atoms with Gasteiger partial charge in [-0.15, -0.1) is 23.1 Å². The third-order valence-corrected chi connectivity index (χ3v) is 4.54. The van der Waals surface area contributed by atoms with Gasteiger partial charge < -0.3 is 16.2 Å². The number of ether oxygens (including phenoxy) is 1. The predicted molar refractivity (Wildman–Crippen MR) is 83.9 cm³/mol. The quantitative estimate of drug-likeness (QED) is 0.760. The second-order valence-electron chi connectivity index (χ2n) is 3.83. The second kappa shape index (κ2) is 7.43. The van der Waals surface area contributed by atoms with Crippen molar-refractivity contribution in [2.24, 2.45) is 0 Å². The maximum atomic E-state index is 11.6. The van der Waals surface area contributed by atoms with Crippen LogP contribution < -0.4 is 11.5 Å². The third-order valence-electron chi connectivity index (χ3n) is 2.17. The van der Waals surface area contributed by atoms with Gasteiger partial charge in [0.05, 0.1) is 10.1 Å². The van der Waals surface area contributed by atoms with Gasteiger partial charge >= 0.3 is 5.97 Å². The molecule has 2 aromatic rings. The smallest absolute Gasteiger partial charge is 0.316 e. The third kappa shape index (κ3) is 5.37. The first-order valence-electron chi connectivity index (χ1n) is 5.76. The number of thioether (sulfide) groups is 1. The number of nitrogen functional groups attached to an aromatic ring is 2. The number of esters is 1. The minimum Gasteiger partial charge on any atom is -0.457 e. The van der Waals surface area contributed by atoms with Crippen LogP contribution in [-0.4, -0.2) is 26.7 Å². The average molecular weight is 346 g/mol. The number of carbonyl (C=O) groups is 1. The first-order valence-corrected chi connectivity index (χ1v) is 8.11. The van der Waals surface area contributed by atoms with Gasteiger partial charge in [-0.2, -0.15) is 15.0 Å². The summed E-state index contributed by atoms with van der Waals surface area (Å²) in [5.74, 6) is 0.794. The summed E-state index contributed by atoms with van der Waals surface area (Å²) in [5.41, 5.74) is 10.8. The standard InChI is InChI=1S/C11H12ClN5O2S2/c12-7-2-1-6(21-7)4-20-5-9(18)19-3-8-15-10(13)17-11(14)16-8/h1-2H,3-5H2,(H4,13,14,15,16,17). The molecule has 4 N–H and O–H groups in total. The van der Waals surface area contributed by atoms with E-state index in [1.807, 2.05) is 12.1 Å². The molecule has 2 aromatic heterocycles. The minimum atomic E-state index is -0.361. The molecule has 0 aliphatic rings. The van der Waals surface area contributed by atoms with Crippen LogP contribution in [0.2, 0.25) is 4.34 Å². The molecular formula is C11H12ClN5O2S2. The molecule has 0 aromatic carbocycles. The second-order valence-corrected chi connectivity index (χ2v) is 6.61. The van der Waals surface area contributed by atoms with Crippen LogP contribution in [0.25, 0.3) is 0 Å². The van der Waals surface area contributed by atoms with Crippen LogP contribution in [0.1, 0.15) is 10.7 Å². The number of hydrogen-bond donors (Lipinski definition) is 2. The number of nitrogens with two attached hydrogens (primary N) is 2. The summed E-state index contributed by atoms with van der Waals surface area (Å²) < 4.78 is 5.77. The number of rotatable bonds is 6. The Kier molecular flexibility index (Phi) is 5.59. The fourth-order valence-corrected chi connectivity index (χ4v) is 3.39. The van der Waals surface area contributed by atoms with Crippen LogP contribution in [0.4, 0.5) is 11.9 Å². The molecule has 0 aliphatic heterocycles. The van der Waals surface area contributed by atoms with E-state index in [-0.39, 0.29) is 36.1 Å². The van der Waals surface area contributed by atoms with Crippen LogP contribution in [0.3, 0.4) is 0 Å². The van der Waals surface area contributed by atoms with Gasteiger partial charge in [-0.3, -0.25) is 4.79 Å². The number of halogens is 1. The Labute approximate surface area is 134 Å². The topological polar surface area (TPSA) is 117 Å². The summed E-state index contributed by atoms with van der Waals surface area (Å²) in [6.45, 7) is -0.0822. The highest BCUT2D eigenvalue weighted by atomic mass is 35.5. The fourth-order valence-electron chi connectivity index (χ4n) is 1.37.